The highest BCUT2D eigenvalue weighted by Gasteiger charge is 2.22. The van der Waals surface area contributed by atoms with Crippen molar-refractivity contribution < 1.29 is 38.1 Å². The number of carbonyl (C=O) groups excluding carboxylic acids is 3. The molecule has 0 spiro atoms. The first kappa shape index (κ1) is 28.2. The molecule has 1 aliphatic heterocycles. The van der Waals surface area contributed by atoms with Gasteiger partial charge in [0.1, 0.15) is 0 Å². The molecule has 3 amide bonds. The van der Waals surface area contributed by atoms with E-state index in [2.05, 4.69) is 5.32 Å². The Labute approximate surface area is 190 Å². The molecule has 1 rings (SSSR count). The standard InChI is InChI=1S/C22H38N2O8/c1-2-28-12-13-30-16-17-32-19-18-31-15-14-29-11-9-23-20(25)6-4-3-5-10-24-21(26)7-8-22(24)27/h7-8H,2-6,9-19H2,1H3,(H,23,25). The molecule has 10 heteroatoms. The van der Waals surface area contributed by atoms with Crippen LogP contribution in [0.25, 0.3) is 0 Å². The average Bonchev–Trinajstić information content (AvgIpc) is 3.10. The summed E-state index contributed by atoms with van der Waals surface area (Å²) in [7, 11) is 0. The molecule has 0 radical (unpaired) electrons. The van der Waals surface area contributed by atoms with E-state index >= 15 is 0 Å². The van der Waals surface area contributed by atoms with Crippen LogP contribution in [0.5, 0.6) is 0 Å². The minimum Gasteiger partial charge on any atom is -0.379 e. The molecule has 0 saturated heterocycles. The summed E-state index contributed by atoms with van der Waals surface area (Å²) in [5.74, 6) is -0.554. The molecule has 1 aliphatic rings. The molecule has 0 fully saturated rings. The number of nitrogens with zero attached hydrogens (tertiary/aromatic N) is 1. The average molecular weight is 459 g/mol. The SMILES string of the molecule is CCOCCOCCOCCOCCOCCNC(=O)CCCCCN1C(=O)C=CC1=O. The van der Waals surface area contributed by atoms with E-state index in [9.17, 15) is 14.4 Å². The third-order valence-electron chi connectivity index (χ3n) is 4.45. The Hall–Kier alpha value is -1.85. The van der Waals surface area contributed by atoms with Crippen LogP contribution in [0.4, 0.5) is 0 Å². The first-order chi connectivity index (χ1) is 15.6. The summed E-state index contributed by atoms with van der Waals surface area (Å²) >= 11 is 0. The van der Waals surface area contributed by atoms with Crippen LogP contribution in [0.15, 0.2) is 12.2 Å². The Balaban J connectivity index is 1.75. The van der Waals surface area contributed by atoms with Crippen molar-refractivity contribution in [3.05, 3.63) is 12.2 Å². The lowest BCUT2D eigenvalue weighted by molar-refractivity contribution is -0.137. The van der Waals surface area contributed by atoms with E-state index in [1.807, 2.05) is 6.92 Å². The van der Waals surface area contributed by atoms with Gasteiger partial charge in [-0.25, -0.2) is 0 Å². The smallest absolute Gasteiger partial charge is 0.253 e. The molecule has 0 aromatic rings. The van der Waals surface area contributed by atoms with Crippen LogP contribution in [-0.2, 0) is 38.1 Å². The first-order valence-corrected chi connectivity index (χ1v) is 11.3. The van der Waals surface area contributed by atoms with Crippen molar-refractivity contribution in [3.8, 4) is 0 Å². The van der Waals surface area contributed by atoms with Gasteiger partial charge in [0.25, 0.3) is 11.8 Å². The van der Waals surface area contributed by atoms with Crippen LogP contribution in [0.3, 0.4) is 0 Å². The second-order valence-corrected chi connectivity index (χ2v) is 6.97. The van der Waals surface area contributed by atoms with Gasteiger partial charge >= 0.3 is 0 Å². The molecule has 0 saturated carbocycles. The van der Waals surface area contributed by atoms with Crippen LogP contribution in [0.2, 0.25) is 0 Å². The maximum Gasteiger partial charge on any atom is 0.253 e. The highest BCUT2D eigenvalue weighted by molar-refractivity contribution is 6.12. The van der Waals surface area contributed by atoms with Crippen molar-refractivity contribution >= 4 is 17.7 Å². The number of nitrogens with one attached hydrogen (secondary N) is 1. The Morgan fingerprint density at radius 1 is 0.750 bits per heavy atom. The van der Waals surface area contributed by atoms with Gasteiger partial charge in [-0.1, -0.05) is 6.42 Å². The summed E-state index contributed by atoms with van der Waals surface area (Å²) in [5.41, 5.74) is 0. The Kier molecular flexibility index (Phi) is 17.4. The summed E-state index contributed by atoms with van der Waals surface area (Å²) in [6, 6.07) is 0. The Bertz CT molecular complexity index is 538. The van der Waals surface area contributed by atoms with Crippen molar-refractivity contribution in [2.45, 2.75) is 32.6 Å². The van der Waals surface area contributed by atoms with E-state index in [1.165, 1.54) is 17.1 Å². The molecular formula is C22H38N2O8. The fraction of sp³-hybridized carbons (Fsp3) is 0.773. The predicted molar refractivity (Wildman–Crippen MR) is 117 cm³/mol. The molecule has 0 atom stereocenters. The molecule has 0 aliphatic carbocycles. The van der Waals surface area contributed by atoms with Crippen molar-refractivity contribution in [1.82, 2.24) is 10.2 Å². The van der Waals surface area contributed by atoms with Crippen LogP contribution >= 0.6 is 0 Å². The number of ether oxygens (including phenoxy) is 5. The number of hydrogen-bond donors (Lipinski definition) is 1. The topological polar surface area (TPSA) is 113 Å². The first-order valence-electron chi connectivity index (χ1n) is 11.3. The van der Waals surface area contributed by atoms with Crippen LogP contribution in [-0.4, -0.2) is 102 Å². The number of unbranched alkanes of at least 4 members (excludes halogenated alkanes) is 2. The van der Waals surface area contributed by atoms with E-state index in [0.717, 1.165) is 6.42 Å². The fourth-order valence-corrected chi connectivity index (χ4v) is 2.76. The van der Waals surface area contributed by atoms with E-state index < -0.39 is 0 Å². The van der Waals surface area contributed by atoms with Crippen LogP contribution in [0, 0.1) is 0 Å². The Morgan fingerprint density at radius 3 is 1.78 bits per heavy atom. The van der Waals surface area contributed by atoms with Crippen molar-refractivity contribution in [3.63, 3.8) is 0 Å². The number of rotatable bonds is 22. The Morgan fingerprint density at radius 2 is 1.25 bits per heavy atom. The molecule has 1 N–H and O–H groups in total. The predicted octanol–water partition coefficient (Wildman–Crippen LogP) is 0.691. The zero-order valence-corrected chi connectivity index (χ0v) is 19.2. The lowest BCUT2D eigenvalue weighted by Gasteiger charge is -2.13. The summed E-state index contributed by atoms with van der Waals surface area (Å²) in [6.45, 7) is 8.11. The van der Waals surface area contributed by atoms with Gasteiger partial charge in [0.05, 0.1) is 59.5 Å². The van der Waals surface area contributed by atoms with Gasteiger partial charge in [0.15, 0.2) is 0 Å². The lowest BCUT2D eigenvalue weighted by atomic mass is 10.2. The van der Waals surface area contributed by atoms with Gasteiger partial charge in [-0.05, 0) is 19.8 Å². The largest absolute Gasteiger partial charge is 0.379 e. The van der Waals surface area contributed by atoms with Crippen LogP contribution < -0.4 is 5.32 Å². The summed E-state index contributed by atoms with van der Waals surface area (Å²) in [6.07, 6.45) is 5.17. The number of amides is 3. The third kappa shape index (κ3) is 15.0. The second kappa shape index (κ2) is 19.8. The molecule has 184 valence electrons. The quantitative estimate of drug-likeness (QED) is 0.186. The zero-order chi connectivity index (χ0) is 23.3. The lowest BCUT2D eigenvalue weighted by Crippen LogP contribution is -2.31. The third-order valence-corrected chi connectivity index (χ3v) is 4.45. The van der Waals surface area contributed by atoms with Gasteiger partial charge in [-0.15, -0.1) is 0 Å². The number of imide groups is 1. The zero-order valence-electron chi connectivity index (χ0n) is 19.2. The number of carbonyl (C=O) groups is 3. The van der Waals surface area contributed by atoms with Crippen molar-refractivity contribution in [1.29, 1.82) is 0 Å². The van der Waals surface area contributed by atoms with Gasteiger partial charge in [0.2, 0.25) is 5.91 Å². The maximum absolute atomic E-state index is 11.8. The summed E-state index contributed by atoms with van der Waals surface area (Å²) < 4.78 is 26.7. The molecule has 32 heavy (non-hydrogen) atoms. The summed E-state index contributed by atoms with van der Waals surface area (Å²) in [5, 5.41) is 2.80. The van der Waals surface area contributed by atoms with Gasteiger partial charge in [-0.2, -0.15) is 0 Å². The molecule has 10 nitrogen and oxygen atoms in total. The monoisotopic (exact) mass is 458 g/mol. The molecule has 0 aromatic heterocycles. The fourth-order valence-electron chi connectivity index (χ4n) is 2.76. The van der Waals surface area contributed by atoms with E-state index in [0.29, 0.717) is 98.4 Å². The maximum atomic E-state index is 11.8. The van der Waals surface area contributed by atoms with Gasteiger partial charge in [0, 0.05) is 38.3 Å². The van der Waals surface area contributed by atoms with Crippen molar-refractivity contribution in [2.75, 3.05) is 79.2 Å². The minimum atomic E-state index is -0.263. The van der Waals surface area contributed by atoms with Gasteiger partial charge < -0.3 is 29.0 Å². The van der Waals surface area contributed by atoms with E-state index in [1.54, 1.807) is 0 Å². The molecule has 0 unspecified atom stereocenters. The molecule has 1 heterocycles. The highest BCUT2D eigenvalue weighted by Crippen LogP contribution is 2.07. The van der Waals surface area contributed by atoms with E-state index in [4.69, 9.17) is 23.7 Å². The van der Waals surface area contributed by atoms with Crippen molar-refractivity contribution in [2.24, 2.45) is 0 Å². The molecule has 0 bridgehead atoms. The minimum absolute atomic E-state index is 0.0288. The second-order valence-electron chi connectivity index (χ2n) is 6.97. The highest BCUT2D eigenvalue weighted by atomic mass is 16.6. The molecular weight excluding hydrogens is 420 g/mol. The van der Waals surface area contributed by atoms with E-state index in [-0.39, 0.29) is 17.7 Å². The number of hydrogen-bond acceptors (Lipinski definition) is 8. The van der Waals surface area contributed by atoms with Crippen LogP contribution in [0.1, 0.15) is 32.6 Å². The van der Waals surface area contributed by atoms with Gasteiger partial charge in [-0.3, -0.25) is 19.3 Å². The molecule has 0 aromatic carbocycles. The summed E-state index contributed by atoms with van der Waals surface area (Å²) in [4.78, 5) is 35.8. The normalized spacial score (nSPS) is 13.3.